The number of nitrogen functional groups attached to an aromatic ring is 1. The summed E-state index contributed by atoms with van der Waals surface area (Å²) in [6.07, 6.45) is 0. The minimum Gasteiger partial charge on any atom is -0.399 e. The molecule has 0 aliphatic rings. The number of likely N-dealkylation sites (N-methyl/N-ethyl adjacent to an activating group) is 1. The van der Waals surface area contributed by atoms with Crippen LogP contribution in [0.25, 0.3) is 0 Å². The van der Waals surface area contributed by atoms with Crippen molar-refractivity contribution in [3.63, 3.8) is 0 Å². The highest BCUT2D eigenvalue weighted by Crippen LogP contribution is 2.21. The van der Waals surface area contributed by atoms with Crippen molar-refractivity contribution in [1.82, 2.24) is 4.90 Å². The molecule has 4 heteroatoms. The molecule has 0 aromatic heterocycles. The van der Waals surface area contributed by atoms with Gasteiger partial charge in [0.15, 0.2) is 0 Å². The first-order valence-corrected chi connectivity index (χ1v) is 6.80. The highest BCUT2D eigenvalue weighted by Gasteiger charge is 2.06. The van der Waals surface area contributed by atoms with E-state index in [1.165, 1.54) is 5.56 Å². The van der Waals surface area contributed by atoms with Gasteiger partial charge in [-0.3, -0.25) is 4.90 Å². The fraction of sp³-hybridized carbons (Fsp3) is 0.538. The maximum Gasteiger partial charge on any atom is 0.0593 e. The van der Waals surface area contributed by atoms with E-state index in [4.69, 9.17) is 10.5 Å². The second-order valence-corrected chi connectivity index (χ2v) is 4.77. The van der Waals surface area contributed by atoms with Crippen molar-refractivity contribution >= 4 is 21.6 Å². The van der Waals surface area contributed by atoms with E-state index in [9.17, 15) is 0 Å². The SMILES string of the molecule is CCOCCN(CC)Cc1ccc(N)cc1Br. The minimum atomic E-state index is 0.781. The van der Waals surface area contributed by atoms with Gasteiger partial charge in [0.05, 0.1) is 6.61 Å². The fourth-order valence-corrected chi connectivity index (χ4v) is 2.14. The van der Waals surface area contributed by atoms with Crippen molar-refractivity contribution in [3.05, 3.63) is 28.2 Å². The fourth-order valence-electron chi connectivity index (χ4n) is 1.62. The molecule has 3 nitrogen and oxygen atoms in total. The Balaban J connectivity index is 2.54. The summed E-state index contributed by atoms with van der Waals surface area (Å²) >= 11 is 3.55. The molecule has 1 aromatic carbocycles. The predicted molar refractivity (Wildman–Crippen MR) is 76.0 cm³/mol. The van der Waals surface area contributed by atoms with Gasteiger partial charge in [-0.1, -0.05) is 28.9 Å². The Hall–Kier alpha value is -0.580. The van der Waals surface area contributed by atoms with Crippen LogP contribution in [0, 0.1) is 0 Å². The number of benzene rings is 1. The lowest BCUT2D eigenvalue weighted by Gasteiger charge is -2.21. The van der Waals surface area contributed by atoms with Gasteiger partial charge in [0.1, 0.15) is 0 Å². The van der Waals surface area contributed by atoms with E-state index in [-0.39, 0.29) is 0 Å². The third-order valence-electron chi connectivity index (χ3n) is 2.67. The summed E-state index contributed by atoms with van der Waals surface area (Å²) in [7, 11) is 0. The van der Waals surface area contributed by atoms with Crippen LogP contribution in [0.2, 0.25) is 0 Å². The van der Waals surface area contributed by atoms with Gasteiger partial charge >= 0.3 is 0 Å². The van der Waals surface area contributed by atoms with Crippen molar-refractivity contribution in [3.8, 4) is 0 Å². The number of ether oxygens (including phenoxy) is 1. The van der Waals surface area contributed by atoms with Crippen molar-refractivity contribution < 1.29 is 4.74 Å². The summed E-state index contributed by atoms with van der Waals surface area (Å²) in [5.41, 5.74) is 7.78. The molecule has 0 aliphatic carbocycles. The number of anilines is 1. The summed E-state index contributed by atoms with van der Waals surface area (Å²) < 4.78 is 6.46. The molecule has 96 valence electrons. The largest absolute Gasteiger partial charge is 0.399 e. The quantitative estimate of drug-likeness (QED) is 0.621. The summed E-state index contributed by atoms with van der Waals surface area (Å²) in [6, 6.07) is 5.96. The molecule has 0 saturated heterocycles. The van der Waals surface area contributed by atoms with Gasteiger partial charge in [0.2, 0.25) is 0 Å². The average molecular weight is 301 g/mol. The second kappa shape index (κ2) is 7.69. The maximum atomic E-state index is 5.73. The van der Waals surface area contributed by atoms with Gasteiger partial charge in [-0.15, -0.1) is 0 Å². The molecule has 2 N–H and O–H groups in total. The third kappa shape index (κ3) is 5.06. The first-order chi connectivity index (χ1) is 8.17. The molecule has 0 unspecified atom stereocenters. The molecule has 0 aliphatic heterocycles. The lowest BCUT2D eigenvalue weighted by Crippen LogP contribution is -2.27. The molecule has 0 atom stereocenters. The van der Waals surface area contributed by atoms with E-state index >= 15 is 0 Å². The molecule has 0 heterocycles. The summed E-state index contributed by atoms with van der Waals surface area (Å²) in [5, 5.41) is 0. The van der Waals surface area contributed by atoms with E-state index in [1.54, 1.807) is 0 Å². The Morgan fingerprint density at radius 3 is 2.71 bits per heavy atom. The number of nitrogens with two attached hydrogens (primary N) is 1. The van der Waals surface area contributed by atoms with Crippen LogP contribution in [0.4, 0.5) is 5.69 Å². The van der Waals surface area contributed by atoms with Crippen LogP contribution >= 0.6 is 15.9 Å². The van der Waals surface area contributed by atoms with Crippen LogP contribution in [-0.4, -0.2) is 31.2 Å². The standard InChI is InChI=1S/C13H21BrN2O/c1-3-16(7-8-17-4-2)10-11-5-6-12(15)9-13(11)14/h5-6,9H,3-4,7-8,10,15H2,1-2H3. The van der Waals surface area contributed by atoms with Crippen LogP contribution in [0.3, 0.4) is 0 Å². The van der Waals surface area contributed by atoms with E-state index in [2.05, 4.69) is 33.8 Å². The number of hydrogen-bond acceptors (Lipinski definition) is 3. The van der Waals surface area contributed by atoms with Crippen LogP contribution in [0.1, 0.15) is 19.4 Å². The predicted octanol–water partition coefficient (Wildman–Crippen LogP) is 2.89. The van der Waals surface area contributed by atoms with Gasteiger partial charge in [-0.25, -0.2) is 0 Å². The zero-order valence-corrected chi connectivity index (χ0v) is 12.2. The summed E-state index contributed by atoms with van der Waals surface area (Å²) in [6.45, 7) is 8.65. The third-order valence-corrected chi connectivity index (χ3v) is 3.41. The molecule has 0 spiro atoms. The topological polar surface area (TPSA) is 38.5 Å². The van der Waals surface area contributed by atoms with Crippen molar-refractivity contribution in [2.24, 2.45) is 0 Å². The van der Waals surface area contributed by atoms with E-state index in [1.807, 2.05) is 19.1 Å². The molecule has 0 radical (unpaired) electrons. The minimum absolute atomic E-state index is 0.781. The summed E-state index contributed by atoms with van der Waals surface area (Å²) in [4.78, 5) is 2.35. The summed E-state index contributed by atoms with van der Waals surface area (Å²) in [5.74, 6) is 0. The molecule has 17 heavy (non-hydrogen) atoms. The van der Waals surface area contributed by atoms with Gasteiger partial charge in [0, 0.05) is 29.9 Å². The number of rotatable bonds is 7. The van der Waals surface area contributed by atoms with Crippen LogP contribution in [0.5, 0.6) is 0 Å². The highest BCUT2D eigenvalue weighted by atomic mass is 79.9. The Morgan fingerprint density at radius 1 is 1.35 bits per heavy atom. The Kier molecular flexibility index (Phi) is 6.55. The molecule has 1 rings (SSSR count). The lowest BCUT2D eigenvalue weighted by molar-refractivity contribution is 0.113. The smallest absolute Gasteiger partial charge is 0.0593 e. The van der Waals surface area contributed by atoms with E-state index < -0.39 is 0 Å². The highest BCUT2D eigenvalue weighted by molar-refractivity contribution is 9.10. The second-order valence-electron chi connectivity index (χ2n) is 3.92. The Morgan fingerprint density at radius 2 is 2.12 bits per heavy atom. The molecule has 0 saturated carbocycles. The average Bonchev–Trinajstić information content (AvgIpc) is 2.31. The van der Waals surface area contributed by atoms with Gasteiger partial charge in [0.25, 0.3) is 0 Å². The first kappa shape index (κ1) is 14.5. The van der Waals surface area contributed by atoms with E-state index in [0.717, 1.165) is 43.0 Å². The van der Waals surface area contributed by atoms with Crippen molar-refractivity contribution in [2.75, 3.05) is 32.0 Å². The van der Waals surface area contributed by atoms with Crippen LogP contribution < -0.4 is 5.73 Å². The number of hydrogen-bond donors (Lipinski definition) is 1. The maximum absolute atomic E-state index is 5.73. The van der Waals surface area contributed by atoms with Gasteiger partial charge in [-0.2, -0.15) is 0 Å². The first-order valence-electron chi connectivity index (χ1n) is 6.01. The Bertz CT molecular complexity index is 344. The van der Waals surface area contributed by atoms with Crippen molar-refractivity contribution in [2.45, 2.75) is 20.4 Å². The molecule has 0 bridgehead atoms. The molecule has 0 fully saturated rings. The van der Waals surface area contributed by atoms with Gasteiger partial charge in [-0.05, 0) is 31.2 Å². The normalized spacial score (nSPS) is 11.1. The monoisotopic (exact) mass is 300 g/mol. The van der Waals surface area contributed by atoms with Gasteiger partial charge < -0.3 is 10.5 Å². The molecule has 0 amide bonds. The molecular weight excluding hydrogens is 280 g/mol. The molecule has 1 aromatic rings. The number of halogens is 1. The molecular formula is C13H21BrN2O. The van der Waals surface area contributed by atoms with Crippen LogP contribution in [0.15, 0.2) is 22.7 Å². The zero-order chi connectivity index (χ0) is 12.7. The number of nitrogens with zero attached hydrogens (tertiary/aromatic N) is 1. The lowest BCUT2D eigenvalue weighted by atomic mass is 10.2. The van der Waals surface area contributed by atoms with E-state index in [0.29, 0.717) is 0 Å². The van der Waals surface area contributed by atoms with Crippen LogP contribution in [-0.2, 0) is 11.3 Å². The van der Waals surface area contributed by atoms with Crippen molar-refractivity contribution in [1.29, 1.82) is 0 Å². The Labute approximate surface area is 112 Å². The zero-order valence-electron chi connectivity index (χ0n) is 10.6.